The first-order chi connectivity index (χ1) is 8.27. The van der Waals surface area contributed by atoms with Crippen LogP contribution in [0.5, 0.6) is 5.75 Å². The van der Waals surface area contributed by atoms with Gasteiger partial charge in [0.2, 0.25) is 0 Å². The minimum absolute atomic E-state index is 0.0287. The first-order valence-electron chi connectivity index (χ1n) is 5.82. The molecule has 1 aromatic carbocycles. The van der Waals surface area contributed by atoms with Gasteiger partial charge in [-0.3, -0.25) is 0 Å². The number of nitrogens with two attached hydrogens (primary N) is 1. The maximum atomic E-state index is 12.3. The van der Waals surface area contributed by atoms with Crippen LogP contribution >= 0.6 is 0 Å². The number of halogens is 3. The molecule has 100 valence electrons. The third-order valence-electron chi connectivity index (χ3n) is 3.78. The van der Waals surface area contributed by atoms with Gasteiger partial charge < -0.3 is 10.5 Å². The summed E-state index contributed by atoms with van der Waals surface area (Å²) in [7, 11) is 0. The van der Waals surface area contributed by atoms with E-state index in [9.17, 15) is 13.2 Å². The average molecular weight is 259 g/mol. The Balaban J connectivity index is 2.30. The fraction of sp³-hybridized carbons (Fsp3) is 0.538. The Morgan fingerprint density at radius 1 is 1.28 bits per heavy atom. The smallest absolute Gasteiger partial charge is 0.405 e. The normalized spacial score (nSPS) is 25.9. The lowest BCUT2D eigenvalue weighted by atomic mass is 10.0. The highest BCUT2D eigenvalue weighted by Gasteiger charge is 2.58. The van der Waals surface area contributed by atoms with Crippen LogP contribution in [0.25, 0.3) is 0 Å². The Bertz CT molecular complexity index is 442. The number of hydrogen-bond donors (Lipinski definition) is 1. The zero-order valence-corrected chi connectivity index (χ0v) is 10.3. The fourth-order valence-electron chi connectivity index (χ4n) is 2.76. The molecule has 2 N–H and O–H groups in total. The lowest BCUT2D eigenvalue weighted by Crippen LogP contribution is -2.18. The molecule has 1 fully saturated rings. The Hall–Kier alpha value is -1.23. The first kappa shape index (κ1) is 13.2. The monoisotopic (exact) mass is 259 g/mol. The highest BCUT2D eigenvalue weighted by Crippen LogP contribution is 2.65. The molecule has 2 unspecified atom stereocenters. The molecule has 1 saturated carbocycles. The van der Waals surface area contributed by atoms with Crippen LogP contribution in [0.15, 0.2) is 24.3 Å². The van der Waals surface area contributed by atoms with Gasteiger partial charge in [0.15, 0.2) is 0 Å². The minimum atomic E-state index is -4.66. The molecule has 1 aliphatic carbocycles. The Labute approximate surface area is 104 Å². The van der Waals surface area contributed by atoms with Crippen molar-refractivity contribution in [2.45, 2.75) is 26.1 Å². The van der Waals surface area contributed by atoms with E-state index < -0.39 is 6.36 Å². The summed E-state index contributed by atoms with van der Waals surface area (Å²) < 4.78 is 41.1. The van der Waals surface area contributed by atoms with E-state index in [2.05, 4.69) is 4.74 Å². The van der Waals surface area contributed by atoms with E-state index in [1.54, 1.807) is 12.1 Å². The standard InChI is InChI=1S/C13H16F3NO/c1-12(2)9(7-17)11(12)8-5-3-4-6-10(8)18-13(14,15)16/h3-6,9,11H,7,17H2,1-2H3. The van der Waals surface area contributed by atoms with E-state index in [4.69, 9.17) is 5.73 Å². The van der Waals surface area contributed by atoms with Gasteiger partial charge in [-0.25, -0.2) is 0 Å². The maximum absolute atomic E-state index is 12.3. The molecule has 18 heavy (non-hydrogen) atoms. The van der Waals surface area contributed by atoms with Crippen molar-refractivity contribution >= 4 is 0 Å². The minimum Gasteiger partial charge on any atom is -0.405 e. The van der Waals surface area contributed by atoms with Crippen molar-refractivity contribution in [1.82, 2.24) is 0 Å². The summed E-state index contributed by atoms with van der Waals surface area (Å²) in [6.45, 7) is 4.50. The number of para-hydroxylation sites is 1. The predicted octanol–water partition coefficient (Wildman–Crippen LogP) is 3.28. The summed E-state index contributed by atoms with van der Waals surface area (Å²) in [4.78, 5) is 0. The van der Waals surface area contributed by atoms with E-state index in [1.165, 1.54) is 12.1 Å². The van der Waals surface area contributed by atoms with Crippen LogP contribution < -0.4 is 10.5 Å². The van der Waals surface area contributed by atoms with Crippen LogP contribution in [-0.4, -0.2) is 12.9 Å². The van der Waals surface area contributed by atoms with Gasteiger partial charge in [-0.05, 0) is 35.4 Å². The van der Waals surface area contributed by atoms with Crippen LogP contribution in [0, 0.1) is 11.3 Å². The van der Waals surface area contributed by atoms with Gasteiger partial charge in [0.1, 0.15) is 5.75 Å². The van der Waals surface area contributed by atoms with Gasteiger partial charge in [0.25, 0.3) is 0 Å². The second-order valence-electron chi connectivity index (χ2n) is 5.23. The largest absolute Gasteiger partial charge is 0.573 e. The number of rotatable bonds is 3. The highest BCUT2D eigenvalue weighted by molar-refractivity contribution is 5.42. The van der Waals surface area contributed by atoms with E-state index in [1.807, 2.05) is 13.8 Å². The van der Waals surface area contributed by atoms with Crippen LogP contribution in [0.4, 0.5) is 13.2 Å². The highest BCUT2D eigenvalue weighted by atomic mass is 19.4. The van der Waals surface area contributed by atoms with Crippen molar-refractivity contribution in [3.63, 3.8) is 0 Å². The average Bonchev–Trinajstić information content (AvgIpc) is 2.79. The molecule has 1 aliphatic rings. The molecule has 0 saturated heterocycles. The van der Waals surface area contributed by atoms with Crippen molar-refractivity contribution in [3.05, 3.63) is 29.8 Å². The summed E-state index contributed by atoms with van der Waals surface area (Å²) in [5, 5.41) is 0. The Morgan fingerprint density at radius 3 is 2.39 bits per heavy atom. The molecule has 0 aliphatic heterocycles. The molecule has 1 aromatic rings. The zero-order valence-electron chi connectivity index (χ0n) is 10.3. The summed E-state index contributed by atoms with van der Waals surface area (Å²) in [6, 6.07) is 6.30. The molecule has 0 spiro atoms. The van der Waals surface area contributed by atoms with E-state index in [-0.39, 0.29) is 23.0 Å². The van der Waals surface area contributed by atoms with Gasteiger partial charge in [-0.1, -0.05) is 32.0 Å². The SMILES string of the molecule is CC1(C)C(CN)C1c1ccccc1OC(F)(F)F. The molecule has 5 heteroatoms. The second-order valence-corrected chi connectivity index (χ2v) is 5.23. The van der Waals surface area contributed by atoms with Gasteiger partial charge in [0.05, 0.1) is 0 Å². The lowest BCUT2D eigenvalue weighted by molar-refractivity contribution is -0.274. The fourth-order valence-corrected chi connectivity index (χ4v) is 2.76. The number of alkyl halides is 3. The topological polar surface area (TPSA) is 35.2 Å². The van der Waals surface area contributed by atoms with Crippen LogP contribution in [0.2, 0.25) is 0 Å². The summed E-state index contributed by atoms with van der Waals surface area (Å²) >= 11 is 0. The Morgan fingerprint density at radius 2 is 1.89 bits per heavy atom. The van der Waals surface area contributed by atoms with Crippen LogP contribution in [0.3, 0.4) is 0 Å². The van der Waals surface area contributed by atoms with E-state index in [0.29, 0.717) is 12.1 Å². The molecule has 0 amide bonds. The molecule has 0 bridgehead atoms. The maximum Gasteiger partial charge on any atom is 0.573 e. The molecule has 2 rings (SSSR count). The number of hydrogen-bond acceptors (Lipinski definition) is 2. The number of ether oxygens (including phenoxy) is 1. The van der Waals surface area contributed by atoms with Crippen molar-refractivity contribution in [1.29, 1.82) is 0 Å². The molecular formula is C13H16F3NO. The third kappa shape index (κ3) is 2.32. The molecule has 2 atom stereocenters. The van der Waals surface area contributed by atoms with Crippen molar-refractivity contribution in [3.8, 4) is 5.75 Å². The van der Waals surface area contributed by atoms with Crippen molar-refractivity contribution in [2.24, 2.45) is 17.1 Å². The van der Waals surface area contributed by atoms with Crippen molar-refractivity contribution in [2.75, 3.05) is 6.54 Å². The molecular weight excluding hydrogens is 243 g/mol. The third-order valence-corrected chi connectivity index (χ3v) is 3.78. The first-order valence-corrected chi connectivity index (χ1v) is 5.82. The Kier molecular flexibility index (Phi) is 3.05. The van der Waals surface area contributed by atoms with Crippen LogP contribution in [-0.2, 0) is 0 Å². The van der Waals surface area contributed by atoms with Gasteiger partial charge in [-0.15, -0.1) is 13.2 Å². The molecule has 0 aromatic heterocycles. The molecule has 2 nitrogen and oxygen atoms in total. The van der Waals surface area contributed by atoms with Gasteiger partial charge in [-0.2, -0.15) is 0 Å². The van der Waals surface area contributed by atoms with Gasteiger partial charge >= 0.3 is 6.36 Å². The zero-order chi connectivity index (χ0) is 13.6. The molecule has 0 radical (unpaired) electrons. The lowest BCUT2D eigenvalue weighted by Gasteiger charge is -2.13. The number of benzene rings is 1. The summed E-state index contributed by atoms with van der Waals surface area (Å²) in [5.41, 5.74) is 6.17. The van der Waals surface area contributed by atoms with Gasteiger partial charge in [0, 0.05) is 0 Å². The summed E-state index contributed by atoms with van der Waals surface area (Å²) in [6.07, 6.45) is -4.66. The summed E-state index contributed by atoms with van der Waals surface area (Å²) in [5.74, 6) is 0.121. The van der Waals surface area contributed by atoms with Crippen LogP contribution in [0.1, 0.15) is 25.3 Å². The second kappa shape index (κ2) is 4.16. The quantitative estimate of drug-likeness (QED) is 0.904. The predicted molar refractivity (Wildman–Crippen MR) is 62.2 cm³/mol. The van der Waals surface area contributed by atoms with E-state index >= 15 is 0 Å². The molecule has 0 heterocycles. The van der Waals surface area contributed by atoms with E-state index in [0.717, 1.165) is 0 Å². The van der Waals surface area contributed by atoms with Crippen molar-refractivity contribution < 1.29 is 17.9 Å².